The molecule has 0 saturated heterocycles. The number of nitrogens with one attached hydrogen (secondary N) is 1. The number of benzene rings is 1. The summed E-state index contributed by atoms with van der Waals surface area (Å²) in [6.45, 7) is 7.04. The lowest BCUT2D eigenvalue weighted by atomic mass is 10.0. The molecule has 102 valence electrons. The Morgan fingerprint density at radius 1 is 1.17 bits per heavy atom. The molecule has 2 heteroatoms. The molecule has 2 N–H and O–H groups in total. The lowest BCUT2D eigenvalue weighted by molar-refractivity contribution is 0.288. The van der Waals surface area contributed by atoms with E-state index in [1.54, 1.807) is 0 Å². The maximum atomic E-state index is 8.85. The van der Waals surface area contributed by atoms with Crippen molar-refractivity contribution in [3.63, 3.8) is 0 Å². The summed E-state index contributed by atoms with van der Waals surface area (Å²) in [6.07, 6.45) is 4.26. The number of hydrogen-bond donors (Lipinski definition) is 2. The molecule has 0 aliphatic rings. The first-order valence-electron chi connectivity index (χ1n) is 7.08. The van der Waals surface area contributed by atoms with Gasteiger partial charge in [0.15, 0.2) is 0 Å². The van der Waals surface area contributed by atoms with Crippen LogP contribution in [0.3, 0.4) is 0 Å². The number of aliphatic hydroxyl groups is 1. The van der Waals surface area contributed by atoms with Crippen LogP contribution in [0.25, 0.3) is 0 Å². The third-order valence-electron chi connectivity index (χ3n) is 3.14. The standard InChI is InChI=1S/C16H27NO/c1-13(2)9-10-14(3)17-16-8-4-6-15(12-16)7-5-11-18/h4,6,8,12-14,17-18H,5,7,9-11H2,1-3H3. The van der Waals surface area contributed by atoms with Gasteiger partial charge in [0.1, 0.15) is 0 Å². The van der Waals surface area contributed by atoms with Crippen molar-refractivity contribution < 1.29 is 5.11 Å². The van der Waals surface area contributed by atoms with Crippen molar-refractivity contribution >= 4 is 5.69 Å². The molecule has 1 rings (SSSR count). The van der Waals surface area contributed by atoms with E-state index in [0.29, 0.717) is 6.04 Å². The van der Waals surface area contributed by atoms with E-state index in [9.17, 15) is 0 Å². The molecule has 0 amide bonds. The monoisotopic (exact) mass is 249 g/mol. The molecule has 0 bridgehead atoms. The third-order valence-corrected chi connectivity index (χ3v) is 3.14. The highest BCUT2D eigenvalue weighted by molar-refractivity contribution is 5.46. The number of rotatable bonds is 8. The van der Waals surface area contributed by atoms with E-state index in [1.807, 2.05) is 0 Å². The van der Waals surface area contributed by atoms with Crippen LogP contribution in [0.15, 0.2) is 24.3 Å². The molecule has 0 spiro atoms. The molecule has 0 aliphatic carbocycles. The zero-order valence-electron chi connectivity index (χ0n) is 11.9. The molecular formula is C16H27NO. The maximum absolute atomic E-state index is 8.85. The summed E-state index contributed by atoms with van der Waals surface area (Å²) in [4.78, 5) is 0. The van der Waals surface area contributed by atoms with Gasteiger partial charge in [-0.05, 0) is 56.2 Å². The Hall–Kier alpha value is -1.02. The Morgan fingerprint density at radius 3 is 2.61 bits per heavy atom. The first-order valence-corrected chi connectivity index (χ1v) is 7.08. The Bertz CT molecular complexity index is 336. The second-order valence-corrected chi connectivity index (χ2v) is 5.54. The van der Waals surface area contributed by atoms with Gasteiger partial charge in [0.25, 0.3) is 0 Å². The molecule has 0 aliphatic heterocycles. The van der Waals surface area contributed by atoms with Gasteiger partial charge in [-0.3, -0.25) is 0 Å². The molecule has 18 heavy (non-hydrogen) atoms. The third kappa shape index (κ3) is 6.06. The van der Waals surface area contributed by atoms with E-state index >= 15 is 0 Å². The Balaban J connectivity index is 2.45. The van der Waals surface area contributed by atoms with Crippen molar-refractivity contribution in [3.8, 4) is 0 Å². The van der Waals surface area contributed by atoms with Gasteiger partial charge in [0.05, 0.1) is 0 Å². The van der Waals surface area contributed by atoms with Crippen LogP contribution in [0.4, 0.5) is 5.69 Å². The molecule has 1 aromatic carbocycles. The Kier molecular flexibility index (Phi) is 6.81. The fraction of sp³-hybridized carbons (Fsp3) is 0.625. The van der Waals surface area contributed by atoms with Gasteiger partial charge in [-0.15, -0.1) is 0 Å². The lowest BCUT2D eigenvalue weighted by Crippen LogP contribution is -2.15. The van der Waals surface area contributed by atoms with Gasteiger partial charge < -0.3 is 10.4 Å². The molecule has 1 aromatic rings. The predicted octanol–water partition coefficient (Wildman–Crippen LogP) is 3.85. The summed E-state index contributed by atoms with van der Waals surface area (Å²) >= 11 is 0. The van der Waals surface area contributed by atoms with Crippen LogP contribution >= 0.6 is 0 Å². The van der Waals surface area contributed by atoms with Gasteiger partial charge in [0.2, 0.25) is 0 Å². The summed E-state index contributed by atoms with van der Waals surface area (Å²) in [5, 5.41) is 12.4. The lowest BCUT2D eigenvalue weighted by Gasteiger charge is -2.17. The van der Waals surface area contributed by atoms with Gasteiger partial charge in [-0.25, -0.2) is 0 Å². The van der Waals surface area contributed by atoms with Crippen LogP contribution < -0.4 is 5.32 Å². The quantitative estimate of drug-likeness (QED) is 0.733. The van der Waals surface area contributed by atoms with Gasteiger partial charge >= 0.3 is 0 Å². The van der Waals surface area contributed by atoms with Crippen LogP contribution in [0.5, 0.6) is 0 Å². The molecular weight excluding hydrogens is 222 g/mol. The molecule has 0 heterocycles. The van der Waals surface area contributed by atoms with Crippen molar-refractivity contribution in [2.24, 2.45) is 5.92 Å². The van der Waals surface area contributed by atoms with E-state index in [-0.39, 0.29) is 6.61 Å². The van der Waals surface area contributed by atoms with Crippen molar-refractivity contribution in [1.29, 1.82) is 0 Å². The Labute approximate surface area is 111 Å². The summed E-state index contributed by atoms with van der Waals surface area (Å²) in [7, 11) is 0. The van der Waals surface area contributed by atoms with E-state index in [4.69, 9.17) is 5.11 Å². The van der Waals surface area contributed by atoms with E-state index in [0.717, 1.165) is 18.8 Å². The van der Waals surface area contributed by atoms with Crippen LogP contribution in [-0.4, -0.2) is 17.8 Å². The van der Waals surface area contributed by atoms with Gasteiger partial charge in [-0.2, -0.15) is 0 Å². The van der Waals surface area contributed by atoms with Crippen LogP contribution in [0, 0.1) is 5.92 Å². The van der Waals surface area contributed by atoms with Crippen LogP contribution in [0.1, 0.15) is 45.6 Å². The minimum atomic E-state index is 0.266. The van der Waals surface area contributed by atoms with Crippen LogP contribution in [-0.2, 0) is 6.42 Å². The second kappa shape index (κ2) is 8.15. The van der Waals surface area contributed by atoms with Crippen LogP contribution in [0.2, 0.25) is 0 Å². The zero-order chi connectivity index (χ0) is 13.4. The molecule has 0 aromatic heterocycles. The summed E-state index contributed by atoms with van der Waals surface area (Å²) < 4.78 is 0. The fourth-order valence-electron chi connectivity index (χ4n) is 2.04. The topological polar surface area (TPSA) is 32.3 Å². The summed E-state index contributed by atoms with van der Waals surface area (Å²) in [5.41, 5.74) is 2.49. The molecule has 1 atom stereocenters. The summed E-state index contributed by atoms with van der Waals surface area (Å²) in [5.74, 6) is 0.769. The first kappa shape index (κ1) is 15.0. The van der Waals surface area contributed by atoms with Crippen molar-refractivity contribution in [1.82, 2.24) is 0 Å². The normalized spacial score (nSPS) is 12.7. The van der Waals surface area contributed by atoms with Crippen molar-refractivity contribution in [2.45, 2.75) is 52.5 Å². The fourth-order valence-corrected chi connectivity index (χ4v) is 2.04. The maximum Gasteiger partial charge on any atom is 0.0434 e. The molecule has 2 nitrogen and oxygen atoms in total. The molecule has 1 unspecified atom stereocenters. The zero-order valence-corrected chi connectivity index (χ0v) is 11.9. The van der Waals surface area contributed by atoms with Crippen molar-refractivity contribution in [2.75, 3.05) is 11.9 Å². The van der Waals surface area contributed by atoms with Gasteiger partial charge in [-0.1, -0.05) is 26.0 Å². The minimum absolute atomic E-state index is 0.266. The number of aryl methyl sites for hydroxylation is 1. The number of hydrogen-bond acceptors (Lipinski definition) is 2. The highest BCUT2D eigenvalue weighted by Gasteiger charge is 2.04. The highest BCUT2D eigenvalue weighted by atomic mass is 16.2. The second-order valence-electron chi connectivity index (χ2n) is 5.54. The molecule has 0 fully saturated rings. The van der Waals surface area contributed by atoms with E-state index < -0.39 is 0 Å². The average Bonchev–Trinajstić information content (AvgIpc) is 2.34. The minimum Gasteiger partial charge on any atom is -0.396 e. The number of aliphatic hydroxyl groups excluding tert-OH is 1. The smallest absolute Gasteiger partial charge is 0.0434 e. The first-order chi connectivity index (χ1) is 8.61. The van der Waals surface area contributed by atoms with E-state index in [1.165, 1.54) is 24.1 Å². The Morgan fingerprint density at radius 2 is 1.94 bits per heavy atom. The largest absolute Gasteiger partial charge is 0.396 e. The molecule has 0 radical (unpaired) electrons. The van der Waals surface area contributed by atoms with Gasteiger partial charge in [0, 0.05) is 18.3 Å². The summed E-state index contributed by atoms with van der Waals surface area (Å²) in [6, 6.07) is 9.04. The van der Waals surface area contributed by atoms with E-state index in [2.05, 4.69) is 50.4 Å². The average molecular weight is 249 g/mol. The SMILES string of the molecule is CC(C)CCC(C)Nc1cccc(CCCO)c1. The highest BCUT2D eigenvalue weighted by Crippen LogP contribution is 2.15. The number of anilines is 1. The predicted molar refractivity (Wildman–Crippen MR) is 79.0 cm³/mol. The molecule has 0 saturated carbocycles. The van der Waals surface area contributed by atoms with Crippen molar-refractivity contribution in [3.05, 3.63) is 29.8 Å².